The van der Waals surface area contributed by atoms with Crippen molar-refractivity contribution in [1.29, 1.82) is 0 Å². The predicted molar refractivity (Wildman–Crippen MR) is 81.3 cm³/mol. The van der Waals surface area contributed by atoms with Gasteiger partial charge in [-0.1, -0.05) is 12.1 Å². The topological polar surface area (TPSA) is 90.1 Å². The van der Waals surface area contributed by atoms with Gasteiger partial charge < -0.3 is 0 Å². The van der Waals surface area contributed by atoms with E-state index in [0.717, 1.165) is 11.0 Å². The smallest absolute Gasteiger partial charge is 0.267 e. The van der Waals surface area contributed by atoms with Crippen molar-refractivity contribution in [3.05, 3.63) is 70.0 Å². The average Bonchev–Trinajstić information content (AvgIpc) is 2.90. The second kappa shape index (κ2) is 5.28. The SMILES string of the molecule is Cc1cc(C(=O)Nn2cnc3ccccc32)ccc1[N+](=O)[O-]. The maximum atomic E-state index is 12.3. The second-order valence-electron chi connectivity index (χ2n) is 4.80. The first-order chi connectivity index (χ1) is 10.6. The standard InChI is InChI=1S/C15H12N4O3/c1-10-8-11(6-7-13(10)19(21)22)15(20)17-18-9-16-12-4-2-3-5-14(12)18/h2-9H,1H3,(H,17,20). The molecule has 7 nitrogen and oxygen atoms in total. The van der Waals surface area contributed by atoms with Gasteiger partial charge in [0.25, 0.3) is 11.6 Å². The van der Waals surface area contributed by atoms with E-state index in [0.29, 0.717) is 11.1 Å². The van der Waals surface area contributed by atoms with Crippen molar-refractivity contribution in [2.45, 2.75) is 6.92 Å². The molecule has 0 radical (unpaired) electrons. The van der Waals surface area contributed by atoms with Crippen LogP contribution in [-0.2, 0) is 0 Å². The molecule has 110 valence electrons. The van der Waals surface area contributed by atoms with Gasteiger partial charge in [-0.15, -0.1) is 0 Å². The van der Waals surface area contributed by atoms with E-state index in [-0.39, 0.29) is 11.6 Å². The van der Waals surface area contributed by atoms with Gasteiger partial charge in [-0.25, -0.2) is 9.66 Å². The molecule has 1 aromatic heterocycles. The van der Waals surface area contributed by atoms with Gasteiger partial charge in [0.15, 0.2) is 0 Å². The zero-order valence-corrected chi connectivity index (χ0v) is 11.7. The number of imidazole rings is 1. The van der Waals surface area contributed by atoms with Crippen molar-refractivity contribution in [1.82, 2.24) is 9.66 Å². The van der Waals surface area contributed by atoms with Crippen LogP contribution in [0.5, 0.6) is 0 Å². The zero-order chi connectivity index (χ0) is 15.7. The lowest BCUT2D eigenvalue weighted by Crippen LogP contribution is -2.22. The molecule has 0 atom stereocenters. The van der Waals surface area contributed by atoms with Crippen LogP contribution in [0.15, 0.2) is 48.8 Å². The molecule has 22 heavy (non-hydrogen) atoms. The van der Waals surface area contributed by atoms with Crippen LogP contribution in [0.2, 0.25) is 0 Å². The Morgan fingerprint density at radius 3 is 2.77 bits per heavy atom. The molecule has 0 spiro atoms. The molecule has 1 N–H and O–H groups in total. The van der Waals surface area contributed by atoms with Gasteiger partial charge >= 0.3 is 0 Å². The van der Waals surface area contributed by atoms with E-state index < -0.39 is 4.92 Å². The van der Waals surface area contributed by atoms with Crippen molar-refractivity contribution in [2.24, 2.45) is 0 Å². The molecule has 3 rings (SSSR count). The quantitative estimate of drug-likeness (QED) is 0.594. The molecule has 0 bridgehead atoms. The molecule has 3 aromatic rings. The lowest BCUT2D eigenvalue weighted by atomic mass is 10.1. The first kappa shape index (κ1) is 13.7. The van der Waals surface area contributed by atoms with Crippen molar-refractivity contribution < 1.29 is 9.72 Å². The van der Waals surface area contributed by atoms with Crippen molar-refractivity contribution in [3.63, 3.8) is 0 Å². The summed E-state index contributed by atoms with van der Waals surface area (Å²) in [5, 5.41) is 10.8. The summed E-state index contributed by atoms with van der Waals surface area (Å²) in [7, 11) is 0. The largest absolute Gasteiger partial charge is 0.272 e. The summed E-state index contributed by atoms with van der Waals surface area (Å²) in [6, 6.07) is 11.6. The first-order valence-corrected chi connectivity index (χ1v) is 6.55. The van der Waals surface area contributed by atoms with Gasteiger partial charge in [-0.3, -0.25) is 20.3 Å². The normalized spacial score (nSPS) is 10.6. The number of nitrogens with zero attached hydrogens (tertiary/aromatic N) is 3. The Balaban J connectivity index is 1.88. The van der Waals surface area contributed by atoms with Gasteiger partial charge in [0, 0.05) is 17.2 Å². The number of rotatable bonds is 3. The van der Waals surface area contributed by atoms with Gasteiger partial charge in [0.05, 0.1) is 16.0 Å². The van der Waals surface area contributed by atoms with E-state index in [1.165, 1.54) is 29.2 Å². The molecule has 1 heterocycles. The van der Waals surface area contributed by atoms with Crippen molar-refractivity contribution in [3.8, 4) is 0 Å². The van der Waals surface area contributed by atoms with Gasteiger partial charge in [0.2, 0.25) is 0 Å². The lowest BCUT2D eigenvalue weighted by Gasteiger charge is -2.07. The van der Waals surface area contributed by atoms with Crippen LogP contribution in [0.3, 0.4) is 0 Å². The number of nitrogens with one attached hydrogen (secondary N) is 1. The molecular weight excluding hydrogens is 284 g/mol. The number of benzene rings is 2. The maximum Gasteiger partial charge on any atom is 0.272 e. The molecule has 0 aliphatic carbocycles. The van der Waals surface area contributed by atoms with Crippen molar-refractivity contribution >= 4 is 22.6 Å². The van der Waals surface area contributed by atoms with E-state index in [4.69, 9.17) is 0 Å². The molecule has 0 unspecified atom stereocenters. The molecule has 0 saturated heterocycles. The molecule has 0 fully saturated rings. The minimum absolute atomic E-state index is 0.00960. The van der Waals surface area contributed by atoms with Crippen LogP contribution in [-0.4, -0.2) is 20.5 Å². The number of amides is 1. The van der Waals surface area contributed by atoms with E-state index >= 15 is 0 Å². The van der Waals surface area contributed by atoms with Crippen LogP contribution in [0.25, 0.3) is 11.0 Å². The number of nitro benzene ring substituents is 1. The van der Waals surface area contributed by atoms with E-state index in [2.05, 4.69) is 10.4 Å². The van der Waals surface area contributed by atoms with Gasteiger partial charge in [0.1, 0.15) is 6.33 Å². The van der Waals surface area contributed by atoms with Crippen LogP contribution >= 0.6 is 0 Å². The number of carbonyl (C=O) groups excluding carboxylic acids is 1. The highest BCUT2D eigenvalue weighted by Crippen LogP contribution is 2.19. The second-order valence-corrected chi connectivity index (χ2v) is 4.80. The Kier molecular flexibility index (Phi) is 3.30. The average molecular weight is 296 g/mol. The summed E-state index contributed by atoms with van der Waals surface area (Å²) >= 11 is 0. The highest BCUT2D eigenvalue weighted by Gasteiger charge is 2.14. The van der Waals surface area contributed by atoms with E-state index in [1.54, 1.807) is 6.92 Å². The lowest BCUT2D eigenvalue weighted by molar-refractivity contribution is -0.385. The number of hydrogen-bond donors (Lipinski definition) is 1. The molecule has 0 aliphatic heterocycles. The number of carbonyl (C=O) groups is 1. The molecule has 7 heteroatoms. The fourth-order valence-corrected chi connectivity index (χ4v) is 2.22. The minimum atomic E-state index is -0.472. The molecular formula is C15H12N4O3. The Morgan fingerprint density at radius 2 is 2.05 bits per heavy atom. The Labute approximate surface area is 125 Å². The summed E-state index contributed by atoms with van der Waals surface area (Å²) < 4.78 is 1.52. The molecule has 0 saturated carbocycles. The molecule has 0 aliphatic rings. The van der Waals surface area contributed by atoms with Gasteiger partial charge in [-0.05, 0) is 31.2 Å². The summed E-state index contributed by atoms with van der Waals surface area (Å²) in [4.78, 5) is 26.8. The molecule has 2 aromatic carbocycles. The number of hydrogen-bond acceptors (Lipinski definition) is 4. The molecule has 1 amide bonds. The Hall–Kier alpha value is -3.22. The third kappa shape index (κ3) is 2.39. The van der Waals surface area contributed by atoms with Crippen LogP contribution in [0.4, 0.5) is 5.69 Å². The fraction of sp³-hybridized carbons (Fsp3) is 0.0667. The maximum absolute atomic E-state index is 12.3. The Morgan fingerprint density at radius 1 is 1.27 bits per heavy atom. The summed E-state index contributed by atoms with van der Waals surface area (Å²) in [5.74, 6) is -0.360. The number of nitro groups is 1. The first-order valence-electron chi connectivity index (χ1n) is 6.55. The predicted octanol–water partition coefficient (Wildman–Crippen LogP) is 2.64. The third-order valence-corrected chi connectivity index (χ3v) is 3.33. The fourth-order valence-electron chi connectivity index (χ4n) is 2.22. The van der Waals surface area contributed by atoms with Crippen LogP contribution in [0.1, 0.15) is 15.9 Å². The van der Waals surface area contributed by atoms with E-state index in [9.17, 15) is 14.9 Å². The number of aryl methyl sites for hydroxylation is 1. The highest BCUT2D eigenvalue weighted by atomic mass is 16.6. The number of fused-ring (bicyclic) bond motifs is 1. The number of para-hydroxylation sites is 2. The van der Waals surface area contributed by atoms with Gasteiger partial charge in [-0.2, -0.15) is 0 Å². The van der Waals surface area contributed by atoms with Crippen LogP contribution in [0, 0.1) is 17.0 Å². The van der Waals surface area contributed by atoms with Crippen LogP contribution < -0.4 is 5.43 Å². The summed E-state index contributed by atoms with van der Waals surface area (Å²) in [6.45, 7) is 1.60. The number of aromatic nitrogens is 2. The summed E-state index contributed by atoms with van der Waals surface area (Å²) in [5.41, 5.74) is 5.02. The van der Waals surface area contributed by atoms with E-state index in [1.807, 2.05) is 24.3 Å². The van der Waals surface area contributed by atoms with Crippen molar-refractivity contribution in [2.75, 3.05) is 5.43 Å². The monoisotopic (exact) mass is 296 g/mol. The third-order valence-electron chi connectivity index (χ3n) is 3.33. The minimum Gasteiger partial charge on any atom is -0.267 e. The summed E-state index contributed by atoms with van der Waals surface area (Å²) in [6.07, 6.45) is 1.51. The Bertz CT molecular complexity index is 885. The zero-order valence-electron chi connectivity index (χ0n) is 11.7. The highest BCUT2D eigenvalue weighted by molar-refractivity contribution is 6.01.